The molecule has 1 aliphatic rings. The van der Waals surface area contributed by atoms with Gasteiger partial charge in [0.25, 0.3) is 5.91 Å². The third-order valence-electron chi connectivity index (χ3n) is 5.84. The Balaban J connectivity index is 1.27. The lowest BCUT2D eigenvalue weighted by Crippen LogP contribution is -2.36. The SMILES string of the molecule is CC1CCCN(CCCNC(=O)c2ccc3nc(CCc4ccccc4)oc3c2)C1. The number of fused-ring (bicyclic) bond motifs is 1. The predicted octanol–water partition coefficient (Wildman–Crippen LogP) is 4.46. The molecule has 3 aromatic rings. The highest BCUT2D eigenvalue weighted by Gasteiger charge is 2.16. The summed E-state index contributed by atoms with van der Waals surface area (Å²) in [4.78, 5) is 19.6. The van der Waals surface area contributed by atoms with Crippen molar-refractivity contribution in [3.8, 4) is 0 Å². The summed E-state index contributed by atoms with van der Waals surface area (Å²) in [5, 5.41) is 3.04. The van der Waals surface area contributed by atoms with Gasteiger partial charge in [0.2, 0.25) is 0 Å². The number of carbonyl (C=O) groups excluding carboxylic acids is 1. The first-order chi connectivity index (χ1) is 14.7. The minimum absolute atomic E-state index is 0.0499. The highest BCUT2D eigenvalue weighted by molar-refractivity contribution is 5.96. The van der Waals surface area contributed by atoms with Gasteiger partial charge in [-0.05, 0) is 68.5 Å². The number of rotatable bonds is 8. The predicted molar refractivity (Wildman–Crippen MR) is 120 cm³/mol. The van der Waals surface area contributed by atoms with Crippen molar-refractivity contribution >= 4 is 17.0 Å². The summed E-state index contributed by atoms with van der Waals surface area (Å²) in [5.74, 6) is 1.45. The zero-order valence-corrected chi connectivity index (χ0v) is 17.8. The number of amides is 1. The van der Waals surface area contributed by atoms with E-state index in [0.29, 0.717) is 23.6 Å². The highest BCUT2D eigenvalue weighted by atomic mass is 16.3. The van der Waals surface area contributed by atoms with E-state index in [1.54, 1.807) is 6.07 Å². The summed E-state index contributed by atoms with van der Waals surface area (Å²) < 4.78 is 5.90. The van der Waals surface area contributed by atoms with Gasteiger partial charge in [-0.15, -0.1) is 0 Å². The maximum Gasteiger partial charge on any atom is 0.251 e. The average Bonchev–Trinajstić information content (AvgIpc) is 3.18. The van der Waals surface area contributed by atoms with E-state index < -0.39 is 0 Å². The highest BCUT2D eigenvalue weighted by Crippen LogP contribution is 2.19. The molecule has 158 valence electrons. The van der Waals surface area contributed by atoms with Gasteiger partial charge >= 0.3 is 0 Å². The van der Waals surface area contributed by atoms with Crippen molar-refractivity contribution in [2.24, 2.45) is 5.92 Å². The van der Waals surface area contributed by atoms with E-state index in [1.807, 2.05) is 30.3 Å². The molecule has 1 aromatic heterocycles. The zero-order chi connectivity index (χ0) is 20.8. The molecular formula is C25H31N3O2. The molecule has 0 saturated carbocycles. The van der Waals surface area contributed by atoms with E-state index in [4.69, 9.17) is 4.42 Å². The first kappa shape index (κ1) is 20.6. The van der Waals surface area contributed by atoms with Crippen LogP contribution in [0.25, 0.3) is 11.1 Å². The number of carbonyl (C=O) groups is 1. The van der Waals surface area contributed by atoms with Gasteiger partial charge in [-0.2, -0.15) is 0 Å². The molecule has 2 heterocycles. The minimum Gasteiger partial charge on any atom is -0.441 e. The Kier molecular flexibility index (Phi) is 6.80. The minimum atomic E-state index is -0.0499. The molecule has 1 N–H and O–H groups in total. The molecule has 1 saturated heterocycles. The summed E-state index contributed by atoms with van der Waals surface area (Å²) in [5.41, 5.74) is 3.36. The molecule has 1 amide bonds. The van der Waals surface area contributed by atoms with E-state index in [9.17, 15) is 4.79 Å². The second-order valence-corrected chi connectivity index (χ2v) is 8.43. The second-order valence-electron chi connectivity index (χ2n) is 8.43. The Morgan fingerprint density at radius 1 is 1.20 bits per heavy atom. The van der Waals surface area contributed by atoms with E-state index in [0.717, 1.165) is 37.2 Å². The number of piperidine rings is 1. The Labute approximate surface area is 178 Å². The van der Waals surface area contributed by atoms with Crippen LogP contribution in [0, 0.1) is 5.92 Å². The van der Waals surface area contributed by atoms with Gasteiger partial charge in [-0.25, -0.2) is 4.98 Å². The monoisotopic (exact) mass is 405 g/mol. The van der Waals surface area contributed by atoms with Crippen molar-refractivity contribution in [3.05, 3.63) is 65.5 Å². The number of aryl methyl sites for hydroxylation is 2. The lowest BCUT2D eigenvalue weighted by molar-refractivity contribution is 0.0950. The zero-order valence-electron chi connectivity index (χ0n) is 17.8. The van der Waals surface area contributed by atoms with Gasteiger partial charge in [0.05, 0.1) is 0 Å². The van der Waals surface area contributed by atoms with Crippen LogP contribution in [-0.2, 0) is 12.8 Å². The number of hydrogen-bond donors (Lipinski definition) is 1. The summed E-state index contributed by atoms with van der Waals surface area (Å²) >= 11 is 0. The van der Waals surface area contributed by atoms with Gasteiger partial charge in [0.15, 0.2) is 11.5 Å². The van der Waals surface area contributed by atoms with Gasteiger partial charge in [0.1, 0.15) is 5.52 Å². The smallest absolute Gasteiger partial charge is 0.251 e. The van der Waals surface area contributed by atoms with E-state index in [-0.39, 0.29) is 5.91 Å². The summed E-state index contributed by atoms with van der Waals surface area (Å²) in [7, 11) is 0. The first-order valence-electron chi connectivity index (χ1n) is 11.1. The van der Waals surface area contributed by atoms with Crippen LogP contribution >= 0.6 is 0 Å². The van der Waals surface area contributed by atoms with Crippen LogP contribution in [0.2, 0.25) is 0 Å². The Hall–Kier alpha value is -2.66. The number of nitrogens with one attached hydrogen (secondary N) is 1. The molecule has 5 heteroatoms. The van der Waals surface area contributed by atoms with E-state index >= 15 is 0 Å². The van der Waals surface area contributed by atoms with Crippen LogP contribution in [-0.4, -0.2) is 42.0 Å². The van der Waals surface area contributed by atoms with Crippen LogP contribution in [0.15, 0.2) is 52.9 Å². The molecule has 1 aliphatic heterocycles. The van der Waals surface area contributed by atoms with Crippen molar-refractivity contribution in [2.75, 3.05) is 26.2 Å². The number of hydrogen-bond acceptors (Lipinski definition) is 4. The van der Waals surface area contributed by atoms with Gasteiger partial charge in [-0.1, -0.05) is 37.3 Å². The standard InChI is InChI=1S/C25H31N3O2/c1-19-7-5-15-28(18-19)16-6-14-26-25(29)21-11-12-22-23(17-21)30-24(27-22)13-10-20-8-3-2-4-9-20/h2-4,8-9,11-12,17,19H,5-7,10,13-16,18H2,1H3,(H,26,29). The molecule has 0 spiro atoms. The van der Waals surface area contributed by atoms with Crippen LogP contribution in [0.4, 0.5) is 0 Å². The Morgan fingerprint density at radius 2 is 2.07 bits per heavy atom. The molecule has 1 fully saturated rings. The molecule has 0 aliphatic carbocycles. The molecule has 0 bridgehead atoms. The van der Waals surface area contributed by atoms with Crippen LogP contribution in [0.3, 0.4) is 0 Å². The molecule has 4 rings (SSSR count). The summed E-state index contributed by atoms with van der Waals surface area (Å²) in [6, 6.07) is 15.8. The first-order valence-corrected chi connectivity index (χ1v) is 11.1. The molecule has 5 nitrogen and oxygen atoms in total. The largest absolute Gasteiger partial charge is 0.441 e. The number of likely N-dealkylation sites (tertiary alicyclic amines) is 1. The third-order valence-corrected chi connectivity index (χ3v) is 5.84. The lowest BCUT2D eigenvalue weighted by atomic mass is 10.0. The number of aromatic nitrogens is 1. The number of benzene rings is 2. The molecule has 0 radical (unpaired) electrons. The van der Waals surface area contributed by atoms with Crippen molar-refractivity contribution in [1.29, 1.82) is 0 Å². The summed E-state index contributed by atoms with van der Waals surface area (Å²) in [6.07, 6.45) is 5.24. The fourth-order valence-electron chi connectivity index (χ4n) is 4.21. The van der Waals surface area contributed by atoms with Crippen molar-refractivity contribution < 1.29 is 9.21 Å². The maximum atomic E-state index is 12.5. The molecule has 30 heavy (non-hydrogen) atoms. The fraction of sp³-hybridized carbons (Fsp3) is 0.440. The molecule has 1 unspecified atom stereocenters. The maximum absolute atomic E-state index is 12.5. The van der Waals surface area contributed by atoms with E-state index in [1.165, 1.54) is 31.5 Å². The fourth-order valence-corrected chi connectivity index (χ4v) is 4.21. The van der Waals surface area contributed by atoms with Crippen molar-refractivity contribution in [1.82, 2.24) is 15.2 Å². The van der Waals surface area contributed by atoms with Crippen molar-refractivity contribution in [2.45, 2.75) is 39.0 Å². The van der Waals surface area contributed by atoms with E-state index in [2.05, 4.69) is 34.3 Å². The van der Waals surface area contributed by atoms with Gasteiger partial charge in [-0.3, -0.25) is 4.79 Å². The van der Waals surface area contributed by atoms with Crippen LogP contribution in [0.1, 0.15) is 48.0 Å². The molecule has 2 aromatic carbocycles. The van der Waals surface area contributed by atoms with Crippen LogP contribution < -0.4 is 5.32 Å². The summed E-state index contributed by atoms with van der Waals surface area (Å²) in [6.45, 7) is 6.44. The van der Waals surface area contributed by atoms with Gasteiger partial charge < -0.3 is 14.6 Å². The van der Waals surface area contributed by atoms with Crippen LogP contribution in [0.5, 0.6) is 0 Å². The number of oxazole rings is 1. The Bertz CT molecular complexity index is 967. The quantitative estimate of drug-likeness (QED) is 0.562. The lowest BCUT2D eigenvalue weighted by Gasteiger charge is -2.30. The molecule has 1 atom stereocenters. The third kappa shape index (κ3) is 5.48. The average molecular weight is 406 g/mol. The Morgan fingerprint density at radius 3 is 2.90 bits per heavy atom. The number of nitrogens with zero attached hydrogens (tertiary/aromatic N) is 2. The van der Waals surface area contributed by atoms with Gasteiger partial charge in [0, 0.05) is 25.1 Å². The molecular weight excluding hydrogens is 374 g/mol. The topological polar surface area (TPSA) is 58.4 Å². The second kappa shape index (κ2) is 9.90. The normalized spacial score (nSPS) is 17.3. The van der Waals surface area contributed by atoms with Crippen molar-refractivity contribution in [3.63, 3.8) is 0 Å².